The van der Waals surface area contributed by atoms with Crippen LogP contribution in [-0.2, 0) is 0 Å². The molecule has 0 radical (unpaired) electrons. The van der Waals surface area contributed by atoms with Gasteiger partial charge in [0, 0.05) is 5.92 Å². The second-order valence-corrected chi connectivity index (χ2v) is 2.84. The van der Waals surface area contributed by atoms with E-state index in [-0.39, 0.29) is 0 Å². The van der Waals surface area contributed by atoms with Crippen LogP contribution in [0.25, 0.3) is 0 Å². The number of rotatable bonds is 2. The molecule has 1 N–H and O–H groups in total. The van der Waals surface area contributed by atoms with Crippen molar-refractivity contribution in [2.75, 3.05) is 0 Å². The summed E-state index contributed by atoms with van der Waals surface area (Å²) in [5.74, 6) is 0.481. The maximum atomic E-state index is 10.4. The Hall–Kier alpha value is -1.19. The van der Waals surface area contributed by atoms with E-state index >= 15 is 0 Å². The third kappa shape index (κ3) is 0.943. The van der Waals surface area contributed by atoms with E-state index < -0.39 is 0 Å². The number of carbonyl (C=O) groups is 1. The van der Waals surface area contributed by atoms with Crippen molar-refractivity contribution in [1.82, 2.24) is 15.4 Å². The fourth-order valence-corrected chi connectivity index (χ4v) is 1.32. The molecule has 1 aliphatic carbocycles. The molecule has 1 fully saturated rings. The van der Waals surface area contributed by atoms with Crippen molar-refractivity contribution < 1.29 is 4.79 Å². The summed E-state index contributed by atoms with van der Waals surface area (Å²) in [4.78, 5) is 10.4. The second-order valence-electron chi connectivity index (χ2n) is 2.84. The summed E-state index contributed by atoms with van der Waals surface area (Å²) in [6.45, 7) is 0. The van der Waals surface area contributed by atoms with Crippen LogP contribution in [0, 0.1) is 0 Å². The lowest BCUT2D eigenvalue weighted by atomic mass is 9.82. The molecule has 1 saturated carbocycles. The molecule has 2 rings (SSSR count). The zero-order chi connectivity index (χ0) is 7.68. The molecule has 1 heterocycles. The molecule has 4 heteroatoms. The van der Waals surface area contributed by atoms with Gasteiger partial charge in [0.15, 0.2) is 6.29 Å². The zero-order valence-corrected chi connectivity index (χ0v) is 6.08. The molecule has 11 heavy (non-hydrogen) atoms. The van der Waals surface area contributed by atoms with E-state index in [1.165, 1.54) is 6.42 Å². The van der Waals surface area contributed by atoms with Crippen LogP contribution in [0.15, 0.2) is 0 Å². The van der Waals surface area contributed by atoms with Crippen molar-refractivity contribution in [3.05, 3.63) is 11.4 Å². The lowest BCUT2D eigenvalue weighted by Gasteiger charge is -2.22. The molecule has 0 aliphatic heterocycles. The van der Waals surface area contributed by atoms with Crippen LogP contribution >= 0.6 is 0 Å². The third-order valence-electron chi connectivity index (χ3n) is 2.21. The Morgan fingerprint density at radius 1 is 1.45 bits per heavy atom. The van der Waals surface area contributed by atoms with Gasteiger partial charge in [-0.2, -0.15) is 15.4 Å². The first-order chi connectivity index (χ1) is 5.42. The Morgan fingerprint density at radius 3 is 2.82 bits per heavy atom. The molecule has 0 spiro atoms. The van der Waals surface area contributed by atoms with Crippen molar-refractivity contribution in [1.29, 1.82) is 0 Å². The zero-order valence-electron chi connectivity index (χ0n) is 6.08. The Kier molecular flexibility index (Phi) is 1.45. The third-order valence-corrected chi connectivity index (χ3v) is 2.21. The summed E-state index contributed by atoms with van der Waals surface area (Å²) in [5.41, 5.74) is 1.33. The molecule has 4 nitrogen and oxygen atoms in total. The number of carbonyl (C=O) groups excluding carboxylic acids is 1. The van der Waals surface area contributed by atoms with E-state index in [1.807, 2.05) is 0 Å². The van der Waals surface area contributed by atoms with Crippen molar-refractivity contribution in [2.24, 2.45) is 0 Å². The molecule has 58 valence electrons. The molecule has 0 aromatic carbocycles. The Labute approximate surface area is 64.0 Å². The average molecular weight is 151 g/mol. The number of hydrogen-bond acceptors (Lipinski definition) is 3. The summed E-state index contributed by atoms with van der Waals surface area (Å²) >= 11 is 0. The number of aromatic amines is 1. The summed E-state index contributed by atoms with van der Waals surface area (Å²) < 4.78 is 0. The van der Waals surface area contributed by atoms with Gasteiger partial charge in [-0.25, -0.2) is 0 Å². The van der Waals surface area contributed by atoms with Crippen LogP contribution in [0.2, 0.25) is 0 Å². The van der Waals surface area contributed by atoms with E-state index in [0.717, 1.165) is 24.8 Å². The highest BCUT2D eigenvalue weighted by Gasteiger charge is 2.24. The Bertz CT molecular complexity index is 264. The van der Waals surface area contributed by atoms with Gasteiger partial charge in [-0.1, -0.05) is 6.42 Å². The van der Waals surface area contributed by atoms with Gasteiger partial charge in [-0.05, 0) is 12.8 Å². The minimum atomic E-state index is 0.481. The SMILES string of the molecule is O=Cc1n[nH]nc1C1CCC1. The maximum absolute atomic E-state index is 10.4. The molecule has 0 bridgehead atoms. The van der Waals surface area contributed by atoms with E-state index in [1.54, 1.807) is 0 Å². The second kappa shape index (κ2) is 2.45. The first-order valence-corrected chi connectivity index (χ1v) is 3.77. The molecule has 0 saturated heterocycles. The Morgan fingerprint density at radius 2 is 2.27 bits per heavy atom. The van der Waals surface area contributed by atoms with E-state index in [9.17, 15) is 4.79 Å². The normalized spacial score (nSPS) is 17.8. The largest absolute Gasteiger partial charge is 0.296 e. The molecular formula is C7H9N3O. The lowest BCUT2D eigenvalue weighted by Crippen LogP contribution is -2.11. The summed E-state index contributed by atoms with van der Waals surface area (Å²) in [6, 6.07) is 0. The fourth-order valence-electron chi connectivity index (χ4n) is 1.32. The highest BCUT2D eigenvalue weighted by molar-refractivity contribution is 5.73. The predicted octanol–water partition coefficient (Wildman–Crippen LogP) is 0.885. The molecular weight excluding hydrogens is 142 g/mol. The number of nitrogens with zero attached hydrogens (tertiary/aromatic N) is 2. The van der Waals surface area contributed by atoms with Gasteiger partial charge >= 0.3 is 0 Å². The van der Waals surface area contributed by atoms with Crippen LogP contribution in [-0.4, -0.2) is 21.7 Å². The first-order valence-electron chi connectivity index (χ1n) is 3.77. The number of hydrogen-bond donors (Lipinski definition) is 1. The fraction of sp³-hybridized carbons (Fsp3) is 0.571. The van der Waals surface area contributed by atoms with Crippen molar-refractivity contribution in [3.63, 3.8) is 0 Å². The summed E-state index contributed by atoms with van der Waals surface area (Å²) in [5, 5.41) is 10.1. The quantitative estimate of drug-likeness (QED) is 0.638. The van der Waals surface area contributed by atoms with Gasteiger partial charge in [0.25, 0.3) is 0 Å². The van der Waals surface area contributed by atoms with Gasteiger partial charge in [0.05, 0.1) is 5.69 Å². The highest BCUT2D eigenvalue weighted by atomic mass is 16.1. The van der Waals surface area contributed by atoms with Gasteiger partial charge < -0.3 is 0 Å². The summed E-state index contributed by atoms with van der Waals surface area (Å²) in [6.07, 6.45) is 4.30. The van der Waals surface area contributed by atoms with Gasteiger partial charge in [-0.15, -0.1) is 0 Å². The van der Waals surface area contributed by atoms with Crippen LogP contribution in [0.1, 0.15) is 41.4 Å². The van der Waals surface area contributed by atoms with Gasteiger partial charge in [-0.3, -0.25) is 4.79 Å². The molecule has 1 aromatic heterocycles. The van der Waals surface area contributed by atoms with Crippen LogP contribution in [0.4, 0.5) is 0 Å². The van der Waals surface area contributed by atoms with Crippen LogP contribution < -0.4 is 0 Å². The number of aldehydes is 1. The van der Waals surface area contributed by atoms with Gasteiger partial charge in [0.1, 0.15) is 5.69 Å². The minimum Gasteiger partial charge on any atom is -0.296 e. The van der Waals surface area contributed by atoms with Crippen molar-refractivity contribution >= 4 is 6.29 Å². The van der Waals surface area contributed by atoms with Crippen LogP contribution in [0.3, 0.4) is 0 Å². The Balaban J connectivity index is 2.27. The summed E-state index contributed by atoms with van der Waals surface area (Å²) in [7, 11) is 0. The number of nitrogens with one attached hydrogen (secondary N) is 1. The van der Waals surface area contributed by atoms with Crippen molar-refractivity contribution in [2.45, 2.75) is 25.2 Å². The minimum absolute atomic E-state index is 0.481. The predicted molar refractivity (Wildman–Crippen MR) is 38.4 cm³/mol. The molecule has 1 aromatic rings. The standard InChI is InChI=1S/C7H9N3O/c11-4-6-7(9-10-8-6)5-2-1-3-5/h4-5H,1-3H2,(H,8,9,10). The maximum Gasteiger partial charge on any atom is 0.172 e. The smallest absolute Gasteiger partial charge is 0.172 e. The number of aromatic nitrogens is 3. The van der Waals surface area contributed by atoms with Crippen molar-refractivity contribution in [3.8, 4) is 0 Å². The number of H-pyrrole nitrogens is 1. The van der Waals surface area contributed by atoms with E-state index in [0.29, 0.717) is 11.6 Å². The van der Waals surface area contributed by atoms with E-state index in [2.05, 4.69) is 15.4 Å². The lowest BCUT2D eigenvalue weighted by molar-refractivity contribution is 0.111. The average Bonchev–Trinajstić information content (AvgIpc) is 2.32. The van der Waals surface area contributed by atoms with Gasteiger partial charge in [0.2, 0.25) is 0 Å². The molecule has 0 atom stereocenters. The van der Waals surface area contributed by atoms with Crippen LogP contribution in [0.5, 0.6) is 0 Å². The molecule has 1 aliphatic rings. The first kappa shape index (κ1) is 6.52. The monoisotopic (exact) mass is 151 g/mol. The molecule has 0 amide bonds. The molecule has 0 unspecified atom stereocenters. The highest BCUT2D eigenvalue weighted by Crippen LogP contribution is 2.35. The van der Waals surface area contributed by atoms with E-state index in [4.69, 9.17) is 0 Å². The topological polar surface area (TPSA) is 58.6 Å².